The van der Waals surface area contributed by atoms with E-state index in [2.05, 4.69) is 5.32 Å². The van der Waals surface area contributed by atoms with Gasteiger partial charge in [0.05, 0.1) is 12.4 Å². The summed E-state index contributed by atoms with van der Waals surface area (Å²) in [5.74, 6) is 0.821. The Morgan fingerprint density at radius 1 is 1.25 bits per heavy atom. The largest absolute Gasteiger partial charge is 0.491 e. The number of carbonyl (C=O) groups excluding carboxylic acids is 1. The molecule has 0 bridgehead atoms. The number of benzene rings is 1. The molecule has 4 nitrogen and oxygen atoms in total. The summed E-state index contributed by atoms with van der Waals surface area (Å²) in [5.41, 5.74) is 1.04. The first-order valence-electron chi connectivity index (χ1n) is 8.20. The van der Waals surface area contributed by atoms with Gasteiger partial charge in [-0.1, -0.05) is 12.1 Å². The summed E-state index contributed by atoms with van der Waals surface area (Å²) >= 11 is 0. The van der Waals surface area contributed by atoms with E-state index < -0.39 is 11.7 Å². The Labute approximate surface area is 144 Å². The molecule has 0 radical (unpaired) electrons. The minimum atomic E-state index is -0.566. The fourth-order valence-corrected chi connectivity index (χ4v) is 1.99. The monoisotopic (exact) mass is 337 g/mol. The highest BCUT2D eigenvalue weighted by Gasteiger charge is 2.16. The van der Waals surface area contributed by atoms with Gasteiger partial charge in [-0.15, -0.1) is 0 Å². The van der Waals surface area contributed by atoms with Gasteiger partial charge in [0.15, 0.2) is 0 Å². The molecule has 0 saturated heterocycles. The Morgan fingerprint density at radius 3 is 2.38 bits per heavy atom. The molecule has 0 aliphatic rings. The highest BCUT2D eigenvalue weighted by Crippen LogP contribution is 2.16. The van der Waals surface area contributed by atoms with Crippen LogP contribution in [-0.2, 0) is 11.2 Å². The van der Waals surface area contributed by atoms with E-state index >= 15 is 0 Å². The number of halogens is 1. The van der Waals surface area contributed by atoms with Crippen molar-refractivity contribution in [2.24, 2.45) is 0 Å². The van der Waals surface area contributed by atoms with Crippen LogP contribution >= 0.6 is 0 Å². The zero-order chi connectivity index (χ0) is 18.2. The van der Waals surface area contributed by atoms with Gasteiger partial charge in [-0.25, -0.2) is 9.18 Å². The average molecular weight is 337 g/mol. The first-order valence-corrected chi connectivity index (χ1v) is 8.20. The molecular formula is C19H28FNO3. The molecular weight excluding hydrogens is 309 g/mol. The van der Waals surface area contributed by atoms with E-state index in [9.17, 15) is 9.18 Å². The Bertz CT molecular complexity index is 545. The summed E-state index contributed by atoms with van der Waals surface area (Å²) in [6.45, 7) is 9.44. The number of hydrogen-bond donors (Lipinski definition) is 1. The van der Waals surface area contributed by atoms with E-state index in [1.807, 2.05) is 38.1 Å². The van der Waals surface area contributed by atoms with Crippen molar-refractivity contribution in [2.45, 2.75) is 59.2 Å². The fourth-order valence-electron chi connectivity index (χ4n) is 1.99. The maximum absolute atomic E-state index is 13.0. The second-order valence-corrected chi connectivity index (χ2v) is 6.93. The molecule has 1 aromatic carbocycles. The number of alkyl carbamates (subject to hydrolysis) is 1. The smallest absolute Gasteiger partial charge is 0.407 e. The van der Waals surface area contributed by atoms with Gasteiger partial charge in [-0.05, 0) is 70.7 Å². The second kappa shape index (κ2) is 9.30. The zero-order valence-corrected chi connectivity index (χ0v) is 15.2. The molecule has 0 fully saturated rings. The van der Waals surface area contributed by atoms with E-state index in [-0.39, 0.29) is 12.6 Å². The summed E-state index contributed by atoms with van der Waals surface area (Å²) in [6, 6.07) is 7.75. The first-order chi connectivity index (χ1) is 11.2. The molecule has 0 aliphatic carbocycles. The Balaban J connectivity index is 2.42. The number of carbonyl (C=O) groups is 1. The van der Waals surface area contributed by atoms with Crippen LogP contribution in [0.1, 0.15) is 46.6 Å². The second-order valence-electron chi connectivity index (χ2n) is 6.93. The van der Waals surface area contributed by atoms with Crippen molar-refractivity contribution in [2.75, 3.05) is 6.54 Å². The topological polar surface area (TPSA) is 47.6 Å². The van der Waals surface area contributed by atoms with Crippen molar-refractivity contribution in [3.8, 4) is 5.75 Å². The normalized spacial score (nSPS) is 12.2. The van der Waals surface area contributed by atoms with Gasteiger partial charge in [-0.3, -0.25) is 0 Å². The third-order valence-electron chi connectivity index (χ3n) is 3.04. The number of nitrogens with one attached hydrogen (secondary N) is 1. The van der Waals surface area contributed by atoms with Gasteiger partial charge in [0.1, 0.15) is 11.4 Å². The zero-order valence-electron chi connectivity index (χ0n) is 15.2. The minimum absolute atomic E-state index is 0.135. The van der Waals surface area contributed by atoms with Crippen LogP contribution in [0, 0.1) is 0 Å². The minimum Gasteiger partial charge on any atom is -0.491 e. The van der Waals surface area contributed by atoms with E-state index in [1.54, 1.807) is 20.8 Å². The Morgan fingerprint density at radius 2 is 1.88 bits per heavy atom. The number of aryl methyl sites for hydroxylation is 1. The van der Waals surface area contributed by atoms with Crippen LogP contribution in [0.15, 0.2) is 36.2 Å². The predicted molar refractivity (Wildman–Crippen MR) is 94.0 cm³/mol. The van der Waals surface area contributed by atoms with Gasteiger partial charge in [-0.2, -0.15) is 0 Å². The molecule has 1 rings (SSSR count). The third kappa shape index (κ3) is 8.56. The van der Waals surface area contributed by atoms with Crippen LogP contribution in [-0.4, -0.2) is 24.3 Å². The van der Waals surface area contributed by atoms with Crippen LogP contribution in [0.4, 0.5) is 9.18 Å². The fraction of sp³-hybridized carbons (Fsp3) is 0.526. The molecule has 1 aromatic rings. The third-order valence-corrected chi connectivity index (χ3v) is 3.04. The van der Waals surface area contributed by atoms with E-state index in [0.29, 0.717) is 24.7 Å². The van der Waals surface area contributed by atoms with Crippen LogP contribution in [0.2, 0.25) is 0 Å². The average Bonchev–Trinajstić information content (AvgIpc) is 2.46. The van der Waals surface area contributed by atoms with Gasteiger partial charge < -0.3 is 14.8 Å². The molecule has 0 heterocycles. The van der Waals surface area contributed by atoms with E-state index in [0.717, 1.165) is 11.3 Å². The molecule has 0 atom stereocenters. The van der Waals surface area contributed by atoms with Crippen molar-refractivity contribution >= 4 is 6.09 Å². The van der Waals surface area contributed by atoms with Crippen LogP contribution in [0.5, 0.6) is 5.75 Å². The summed E-state index contributed by atoms with van der Waals surface area (Å²) in [7, 11) is 0. The number of rotatable bonds is 7. The summed E-state index contributed by atoms with van der Waals surface area (Å²) < 4.78 is 23.7. The van der Waals surface area contributed by atoms with Crippen molar-refractivity contribution in [1.29, 1.82) is 0 Å². The number of hydrogen-bond acceptors (Lipinski definition) is 3. The lowest BCUT2D eigenvalue weighted by atomic mass is 10.1. The Hall–Kier alpha value is -2.04. The molecule has 134 valence electrons. The molecule has 0 unspecified atom stereocenters. The molecule has 0 saturated carbocycles. The number of amides is 1. The first kappa shape index (κ1) is 20.0. The van der Waals surface area contributed by atoms with Gasteiger partial charge in [0, 0.05) is 6.54 Å². The molecule has 5 heteroatoms. The summed E-state index contributed by atoms with van der Waals surface area (Å²) in [4.78, 5) is 11.6. The molecule has 24 heavy (non-hydrogen) atoms. The molecule has 1 N–H and O–H groups in total. The summed E-state index contributed by atoms with van der Waals surface area (Å²) in [5, 5.41) is 2.57. The van der Waals surface area contributed by atoms with E-state index in [1.165, 1.54) is 0 Å². The van der Waals surface area contributed by atoms with Crippen molar-refractivity contribution in [3.63, 3.8) is 0 Å². The lowest BCUT2D eigenvalue weighted by Crippen LogP contribution is -2.33. The maximum Gasteiger partial charge on any atom is 0.407 e. The Kier molecular flexibility index (Phi) is 7.75. The van der Waals surface area contributed by atoms with Crippen molar-refractivity contribution in [1.82, 2.24) is 5.32 Å². The maximum atomic E-state index is 13.0. The van der Waals surface area contributed by atoms with E-state index in [4.69, 9.17) is 9.47 Å². The summed E-state index contributed by atoms with van der Waals surface area (Å²) in [6.07, 6.45) is 1.35. The lowest BCUT2D eigenvalue weighted by Gasteiger charge is -2.20. The van der Waals surface area contributed by atoms with Crippen LogP contribution in [0.25, 0.3) is 0 Å². The van der Waals surface area contributed by atoms with Gasteiger partial charge in [0.25, 0.3) is 0 Å². The lowest BCUT2D eigenvalue weighted by molar-refractivity contribution is 0.0532. The predicted octanol–water partition coefficient (Wildman–Crippen LogP) is 4.78. The quantitative estimate of drug-likeness (QED) is 0.778. The van der Waals surface area contributed by atoms with Crippen molar-refractivity contribution < 1.29 is 18.7 Å². The molecule has 0 aliphatic heterocycles. The highest BCUT2D eigenvalue weighted by molar-refractivity contribution is 5.68. The SMILES string of the molecule is CC(C)Oc1ccc(CC/C(=C\F)CNC(=O)OC(C)(C)C)cc1. The molecule has 0 spiro atoms. The molecule has 0 aromatic heterocycles. The standard InChI is InChI=1S/C19H28FNO3/c1-14(2)23-17-10-8-15(9-11-17)6-7-16(12-20)13-21-18(22)24-19(3,4)5/h8-12,14H,6-7,13H2,1-5H3,(H,21,22)/b16-12+. The van der Waals surface area contributed by atoms with Gasteiger partial charge >= 0.3 is 6.09 Å². The number of ether oxygens (including phenoxy) is 2. The molecule has 1 amide bonds. The van der Waals surface area contributed by atoms with Crippen LogP contribution in [0.3, 0.4) is 0 Å². The highest BCUT2D eigenvalue weighted by atomic mass is 19.1. The van der Waals surface area contributed by atoms with Crippen LogP contribution < -0.4 is 10.1 Å². The van der Waals surface area contributed by atoms with Gasteiger partial charge in [0.2, 0.25) is 0 Å². The van der Waals surface area contributed by atoms with Crippen molar-refractivity contribution in [3.05, 3.63) is 41.7 Å².